The summed E-state index contributed by atoms with van der Waals surface area (Å²) in [5.74, 6) is 0.898. The van der Waals surface area contributed by atoms with Gasteiger partial charge in [0.1, 0.15) is 11.5 Å². The lowest BCUT2D eigenvalue weighted by Gasteiger charge is -2.23. The van der Waals surface area contributed by atoms with Gasteiger partial charge < -0.3 is 14.8 Å². The predicted octanol–water partition coefficient (Wildman–Crippen LogP) is 2.48. The molecule has 1 aromatic carbocycles. The minimum absolute atomic E-state index is 0.237. The highest BCUT2D eigenvalue weighted by Crippen LogP contribution is 2.37. The number of hydrogen-bond acceptors (Lipinski definition) is 4. The van der Waals surface area contributed by atoms with E-state index in [4.69, 9.17) is 4.74 Å². The van der Waals surface area contributed by atoms with E-state index in [9.17, 15) is 8.78 Å². The van der Waals surface area contributed by atoms with Crippen molar-refractivity contribution in [3.05, 3.63) is 23.8 Å². The van der Waals surface area contributed by atoms with Crippen LogP contribution in [-0.2, 0) is 6.54 Å². The highest BCUT2D eigenvalue weighted by atomic mass is 19.3. The Morgan fingerprint density at radius 1 is 1.36 bits per heavy atom. The summed E-state index contributed by atoms with van der Waals surface area (Å²) in [6.45, 7) is 1.93. The number of ether oxygens (including phenoxy) is 2. The molecular weight excluding hydrogens is 290 g/mol. The Labute approximate surface area is 129 Å². The van der Waals surface area contributed by atoms with E-state index in [1.54, 1.807) is 25.3 Å². The average Bonchev–Trinajstić information content (AvgIpc) is 3.11. The summed E-state index contributed by atoms with van der Waals surface area (Å²) >= 11 is 0. The van der Waals surface area contributed by atoms with Gasteiger partial charge in [0.05, 0.1) is 7.11 Å². The van der Waals surface area contributed by atoms with Crippen molar-refractivity contribution < 1.29 is 18.3 Å². The Balaban J connectivity index is 1.73. The van der Waals surface area contributed by atoms with Crippen LogP contribution in [0.1, 0.15) is 18.4 Å². The molecule has 1 N–H and O–H groups in total. The van der Waals surface area contributed by atoms with Crippen molar-refractivity contribution in [1.29, 1.82) is 0 Å². The number of alkyl halides is 2. The summed E-state index contributed by atoms with van der Waals surface area (Å²) in [7, 11) is 1.57. The van der Waals surface area contributed by atoms with Crippen LogP contribution in [0.3, 0.4) is 0 Å². The fraction of sp³-hybridized carbons (Fsp3) is 0.625. The molecule has 0 bridgehead atoms. The van der Waals surface area contributed by atoms with E-state index in [1.165, 1.54) is 6.42 Å². The average molecular weight is 312 g/mol. The first-order valence-electron chi connectivity index (χ1n) is 7.65. The molecule has 2 aliphatic rings. The van der Waals surface area contributed by atoms with Gasteiger partial charge in [0, 0.05) is 25.2 Å². The first kappa shape index (κ1) is 15.5. The number of hydrogen-bond donors (Lipinski definition) is 1. The van der Waals surface area contributed by atoms with Gasteiger partial charge in [0.2, 0.25) is 0 Å². The van der Waals surface area contributed by atoms with Crippen molar-refractivity contribution in [1.82, 2.24) is 10.2 Å². The Morgan fingerprint density at radius 3 is 2.91 bits per heavy atom. The standard InChI is InChI=1S/C16H22F2N2O2/c1-21-13-2-3-14(22-15(17)18)12(8-13)9-20-7-5-16(11-20)4-6-19-10-16/h2-3,8,15,19H,4-7,9-11H2,1H3. The molecule has 1 aromatic rings. The van der Waals surface area contributed by atoms with E-state index < -0.39 is 6.61 Å². The van der Waals surface area contributed by atoms with Crippen LogP contribution >= 0.6 is 0 Å². The predicted molar refractivity (Wildman–Crippen MR) is 79.4 cm³/mol. The molecule has 2 saturated heterocycles. The van der Waals surface area contributed by atoms with Gasteiger partial charge >= 0.3 is 6.61 Å². The lowest BCUT2D eigenvalue weighted by atomic mass is 9.86. The second-order valence-corrected chi connectivity index (χ2v) is 6.24. The maximum atomic E-state index is 12.6. The number of nitrogens with zero attached hydrogens (tertiary/aromatic N) is 1. The summed E-state index contributed by atoms with van der Waals surface area (Å²) < 4.78 is 35.0. The third-order valence-electron chi connectivity index (χ3n) is 4.73. The van der Waals surface area contributed by atoms with E-state index in [-0.39, 0.29) is 5.75 Å². The zero-order chi connectivity index (χ0) is 15.6. The van der Waals surface area contributed by atoms with Crippen molar-refractivity contribution in [2.24, 2.45) is 5.41 Å². The Bertz CT molecular complexity index is 519. The summed E-state index contributed by atoms with van der Waals surface area (Å²) in [5, 5.41) is 3.42. The Kier molecular flexibility index (Phi) is 4.49. The molecule has 1 atom stereocenters. The lowest BCUT2D eigenvalue weighted by molar-refractivity contribution is -0.0507. The quantitative estimate of drug-likeness (QED) is 0.906. The molecule has 4 nitrogen and oxygen atoms in total. The highest BCUT2D eigenvalue weighted by molar-refractivity contribution is 5.40. The van der Waals surface area contributed by atoms with E-state index >= 15 is 0 Å². The Hall–Kier alpha value is -1.40. The van der Waals surface area contributed by atoms with Crippen LogP contribution in [0.25, 0.3) is 0 Å². The number of nitrogens with one attached hydrogen (secondary N) is 1. The summed E-state index contributed by atoms with van der Waals surface area (Å²) in [6.07, 6.45) is 2.36. The SMILES string of the molecule is COc1ccc(OC(F)F)c(CN2CCC3(CCNC3)C2)c1. The van der Waals surface area contributed by atoms with Crippen LogP contribution in [0.4, 0.5) is 8.78 Å². The van der Waals surface area contributed by atoms with Gasteiger partial charge in [0.15, 0.2) is 0 Å². The third-order valence-corrected chi connectivity index (χ3v) is 4.73. The number of likely N-dealkylation sites (tertiary alicyclic amines) is 1. The molecule has 0 aromatic heterocycles. The summed E-state index contributed by atoms with van der Waals surface area (Å²) in [6, 6.07) is 4.99. The normalized spacial score (nSPS) is 25.3. The molecular formula is C16H22F2N2O2. The van der Waals surface area contributed by atoms with Crippen LogP contribution in [-0.4, -0.2) is 44.8 Å². The number of methoxy groups -OCH3 is 1. The van der Waals surface area contributed by atoms with Crippen molar-refractivity contribution in [3.8, 4) is 11.5 Å². The molecule has 6 heteroatoms. The van der Waals surface area contributed by atoms with Crippen molar-refractivity contribution in [2.75, 3.05) is 33.3 Å². The van der Waals surface area contributed by atoms with Crippen molar-refractivity contribution in [3.63, 3.8) is 0 Å². The molecule has 3 rings (SSSR count). The number of rotatable bonds is 5. The largest absolute Gasteiger partial charge is 0.497 e. The van der Waals surface area contributed by atoms with E-state index in [0.29, 0.717) is 17.7 Å². The number of benzene rings is 1. The molecule has 2 aliphatic heterocycles. The number of halogens is 2. The highest BCUT2D eigenvalue weighted by Gasteiger charge is 2.40. The minimum atomic E-state index is -2.81. The summed E-state index contributed by atoms with van der Waals surface area (Å²) in [4.78, 5) is 2.32. The second kappa shape index (κ2) is 6.38. The van der Waals surface area contributed by atoms with Gasteiger partial charge in [-0.25, -0.2) is 0 Å². The third kappa shape index (κ3) is 3.33. The first-order chi connectivity index (χ1) is 10.6. The molecule has 0 amide bonds. The van der Waals surface area contributed by atoms with Crippen LogP contribution in [0.15, 0.2) is 18.2 Å². The zero-order valence-electron chi connectivity index (χ0n) is 12.8. The van der Waals surface area contributed by atoms with Crippen LogP contribution in [0.5, 0.6) is 11.5 Å². The minimum Gasteiger partial charge on any atom is -0.497 e. The molecule has 2 heterocycles. The van der Waals surface area contributed by atoms with E-state index in [2.05, 4.69) is 15.0 Å². The summed E-state index contributed by atoms with van der Waals surface area (Å²) in [5.41, 5.74) is 1.12. The van der Waals surface area contributed by atoms with Crippen LogP contribution in [0, 0.1) is 5.41 Å². The van der Waals surface area contributed by atoms with E-state index in [1.807, 2.05) is 0 Å². The fourth-order valence-electron chi connectivity index (χ4n) is 3.56. The smallest absolute Gasteiger partial charge is 0.387 e. The molecule has 2 fully saturated rings. The Morgan fingerprint density at radius 2 is 2.23 bits per heavy atom. The molecule has 1 unspecified atom stereocenters. The van der Waals surface area contributed by atoms with Crippen molar-refractivity contribution >= 4 is 0 Å². The van der Waals surface area contributed by atoms with Gasteiger partial charge in [-0.2, -0.15) is 8.78 Å². The molecule has 0 saturated carbocycles. The fourth-order valence-corrected chi connectivity index (χ4v) is 3.56. The molecule has 22 heavy (non-hydrogen) atoms. The zero-order valence-corrected chi connectivity index (χ0v) is 12.8. The molecule has 1 spiro atoms. The van der Waals surface area contributed by atoms with Gasteiger partial charge in [-0.3, -0.25) is 4.90 Å². The monoisotopic (exact) mass is 312 g/mol. The maximum absolute atomic E-state index is 12.6. The first-order valence-corrected chi connectivity index (χ1v) is 7.65. The lowest BCUT2D eigenvalue weighted by Crippen LogP contribution is -2.29. The van der Waals surface area contributed by atoms with Gasteiger partial charge in [-0.15, -0.1) is 0 Å². The molecule has 0 radical (unpaired) electrons. The molecule has 122 valence electrons. The van der Waals surface area contributed by atoms with Crippen LogP contribution in [0.2, 0.25) is 0 Å². The molecule has 0 aliphatic carbocycles. The van der Waals surface area contributed by atoms with E-state index in [0.717, 1.165) is 38.2 Å². The van der Waals surface area contributed by atoms with Gasteiger partial charge in [0.25, 0.3) is 0 Å². The van der Waals surface area contributed by atoms with Crippen LogP contribution < -0.4 is 14.8 Å². The van der Waals surface area contributed by atoms with Gasteiger partial charge in [-0.05, 0) is 49.5 Å². The topological polar surface area (TPSA) is 33.7 Å². The second-order valence-electron chi connectivity index (χ2n) is 6.24. The van der Waals surface area contributed by atoms with Crippen molar-refractivity contribution in [2.45, 2.75) is 26.0 Å². The maximum Gasteiger partial charge on any atom is 0.387 e. The van der Waals surface area contributed by atoms with Gasteiger partial charge in [-0.1, -0.05) is 0 Å².